The summed E-state index contributed by atoms with van der Waals surface area (Å²) in [5.41, 5.74) is 1.72. The summed E-state index contributed by atoms with van der Waals surface area (Å²) in [6.45, 7) is 5.24. The third kappa shape index (κ3) is 2.88. The molecule has 0 spiro atoms. The van der Waals surface area contributed by atoms with E-state index in [1.54, 1.807) is 0 Å². The van der Waals surface area contributed by atoms with Crippen molar-refractivity contribution in [2.45, 2.75) is 51.2 Å². The van der Waals surface area contributed by atoms with Gasteiger partial charge < -0.3 is 10.4 Å². The van der Waals surface area contributed by atoms with Crippen LogP contribution in [0.15, 0.2) is 24.3 Å². The first-order valence-electron chi connectivity index (χ1n) is 6.67. The van der Waals surface area contributed by atoms with Gasteiger partial charge in [-0.05, 0) is 44.7 Å². The lowest BCUT2D eigenvalue weighted by molar-refractivity contribution is -0.00819. The highest BCUT2D eigenvalue weighted by Gasteiger charge is 2.34. The number of aryl methyl sites for hydroxylation is 1. The summed E-state index contributed by atoms with van der Waals surface area (Å²) in [5, 5.41) is 14.2. The highest BCUT2D eigenvalue weighted by Crippen LogP contribution is 2.37. The number of nitrogens with one attached hydrogen (secondary N) is 1. The predicted molar refractivity (Wildman–Crippen MR) is 71.0 cm³/mol. The molecule has 0 unspecified atom stereocenters. The number of rotatable bonds is 3. The molecule has 2 heteroatoms. The highest BCUT2D eigenvalue weighted by molar-refractivity contribution is 5.28. The molecule has 0 atom stereocenters. The average molecular weight is 233 g/mol. The third-order valence-corrected chi connectivity index (χ3v) is 3.86. The molecule has 1 aromatic carbocycles. The molecule has 1 aromatic rings. The smallest absolute Gasteiger partial charge is 0.0897 e. The van der Waals surface area contributed by atoms with Gasteiger partial charge in [0.2, 0.25) is 0 Å². The molecule has 1 aliphatic carbocycles. The largest absolute Gasteiger partial charge is 0.385 e. The van der Waals surface area contributed by atoms with Gasteiger partial charge in [-0.1, -0.05) is 36.8 Å². The predicted octanol–water partition coefficient (Wildman–Crippen LogP) is 2.73. The first-order chi connectivity index (χ1) is 8.14. The van der Waals surface area contributed by atoms with E-state index in [1.807, 2.05) is 6.07 Å². The fourth-order valence-electron chi connectivity index (χ4n) is 2.81. The molecule has 94 valence electrons. The summed E-state index contributed by atoms with van der Waals surface area (Å²) in [4.78, 5) is 0. The maximum absolute atomic E-state index is 10.7. The molecular weight excluding hydrogens is 210 g/mol. The Bertz CT molecular complexity index is 367. The Morgan fingerprint density at radius 2 is 2.06 bits per heavy atom. The van der Waals surface area contributed by atoms with Crippen LogP contribution in [-0.4, -0.2) is 17.7 Å². The van der Waals surface area contributed by atoms with Crippen molar-refractivity contribution in [1.82, 2.24) is 5.32 Å². The Morgan fingerprint density at radius 3 is 2.65 bits per heavy atom. The van der Waals surface area contributed by atoms with Gasteiger partial charge in [-0.25, -0.2) is 0 Å². The van der Waals surface area contributed by atoms with E-state index in [0.717, 1.165) is 37.8 Å². The lowest BCUT2D eigenvalue weighted by Gasteiger charge is -2.36. The van der Waals surface area contributed by atoms with Crippen molar-refractivity contribution in [3.63, 3.8) is 0 Å². The van der Waals surface area contributed by atoms with E-state index in [-0.39, 0.29) is 0 Å². The van der Waals surface area contributed by atoms with E-state index >= 15 is 0 Å². The van der Waals surface area contributed by atoms with Crippen molar-refractivity contribution in [2.24, 2.45) is 0 Å². The van der Waals surface area contributed by atoms with Gasteiger partial charge in [-0.15, -0.1) is 0 Å². The van der Waals surface area contributed by atoms with Gasteiger partial charge in [0.25, 0.3) is 0 Å². The molecule has 0 heterocycles. The van der Waals surface area contributed by atoms with Crippen molar-refractivity contribution in [2.75, 3.05) is 6.54 Å². The Hall–Kier alpha value is -0.860. The van der Waals surface area contributed by atoms with Crippen molar-refractivity contribution in [3.8, 4) is 0 Å². The minimum absolute atomic E-state index is 0.588. The van der Waals surface area contributed by atoms with Crippen LogP contribution >= 0.6 is 0 Å². The van der Waals surface area contributed by atoms with E-state index in [4.69, 9.17) is 0 Å². The van der Waals surface area contributed by atoms with Crippen LogP contribution < -0.4 is 5.32 Å². The maximum atomic E-state index is 10.7. The van der Waals surface area contributed by atoms with Crippen LogP contribution in [0.1, 0.15) is 43.7 Å². The van der Waals surface area contributed by atoms with E-state index in [1.165, 1.54) is 5.56 Å². The Kier molecular flexibility index (Phi) is 3.85. The lowest BCUT2D eigenvalue weighted by Crippen LogP contribution is -2.39. The van der Waals surface area contributed by atoms with Crippen molar-refractivity contribution in [1.29, 1.82) is 0 Å². The van der Waals surface area contributed by atoms with E-state index in [9.17, 15) is 5.11 Å². The second-order valence-corrected chi connectivity index (χ2v) is 5.23. The molecule has 0 bridgehead atoms. The monoisotopic (exact) mass is 233 g/mol. The Morgan fingerprint density at radius 1 is 1.35 bits per heavy atom. The van der Waals surface area contributed by atoms with Crippen LogP contribution in [0.3, 0.4) is 0 Å². The molecule has 0 aromatic heterocycles. The molecule has 0 saturated heterocycles. The summed E-state index contributed by atoms with van der Waals surface area (Å²) in [7, 11) is 0. The Labute approximate surface area is 104 Å². The van der Waals surface area contributed by atoms with Crippen LogP contribution in [0, 0.1) is 6.92 Å². The molecule has 2 N–H and O–H groups in total. The quantitative estimate of drug-likeness (QED) is 0.841. The minimum Gasteiger partial charge on any atom is -0.385 e. The summed E-state index contributed by atoms with van der Waals surface area (Å²) in [6.07, 6.45) is 3.87. The van der Waals surface area contributed by atoms with Crippen LogP contribution in [0.5, 0.6) is 0 Å². The normalized spacial score (nSPS) is 29.2. The van der Waals surface area contributed by atoms with Crippen LogP contribution in [0.25, 0.3) is 0 Å². The summed E-state index contributed by atoms with van der Waals surface area (Å²) >= 11 is 0. The molecule has 1 aliphatic rings. The van der Waals surface area contributed by atoms with Crippen molar-refractivity contribution >= 4 is 0 Å². The molecule has 2 rings (SSSR count). The van der Waals surface area contributed by atoms with Crippen LogP contribution in [0.4, 0.5) is 0 Å². The SMILES string of the molecule is CCNC1CCC(O)(c2cccc(C)c2)CC1. The molecule has 0 amide bonds. The second kappa shape index (κ2) is 5.19. The van der Waals surface area contributed by atoms with Gasteiger partial charge in [0.1, 0.15) is 0 Å². The molecule has 0 aliphatic heterocycles. The summed E-state index contributed by atoms with van der Waals surface area (Å²) < 4.78 is 0. The number of benzene rings is 1. The van der Waals surface area contributed by atoms with Gasteiger partial charge in [0.05, 0.1) is 5.60 Å². The van der Waals surface area contributed by atoms with E-state index in [2.05, 4.69) is 37.4 Å². The first kappa shape index (κ1) is 12.6. The number of hydrogen-bond donors (Lipinski definition) is 2. The first-order valence-corrected chi connectivity index (χ1v) is 6.67. The fraction of sp³-hybridized carbons (Fsp3) is 0.600. The zero-order chi connectivity index (χ0) is 12.3. The summed E-state index contributed by atoms with van der Waals surface area (Å²) in [5.74, 6) is 0. The fourth-order valence-corrected chi connectivity index (χ4v) is 2.81. The van der Waals surface area contributed by atoms with Gasteiger partial charge in [0, 0.05) is 6.04 Å². The van der Waals surface area contributed by atoms with Crippen LogP contribution in [0.2, 0.25) is 0 Å². The molecular formula is C15H23NO. The molecule has 1 fully saturated rings. The minimum atomic E-state index is -0.599. The van der Waals surface area contributed by atoms with Gasteiger partial charge in [0.15, 0.2) is 0 Å². The maximum Gasteiger partial charge on any atom is 0.0897 e. The third-order valence-electron chi connectivity index (χ3n) is 3.86. The summed E-state index contributed by atoms with van der Waals surface area (Å²) in [6, 6.07) is 8.88. The standard InChI is InChI=1S/C15H23NO/c1-3-16-14-7-9-15(17,10-8-14)13-6-4-5-12(2)11-13/h4-6,11,14,16-17H,3,7-10H2,1-2H3. The van der Waals surface area contributed by atoms with Crippen LogP contribution in [-0.2, 0) is 5.60 Å². The number of hydrogen-bond acceptors (Lipinski definition) is 2. The topological polar surface area (TPSA) is 32.3 Å². The second-order valence-electron chi connectivity index (χ2n) is 5.23. The molecule has 17 heavy (non-hydrogen) atoms. The average Bonchev–Trinajstić information content (AvgIpc) is 2.33. The zero-order valence-electron chi connectivity index (χ0n) is 10.9. The molecule has 2 nitrogen and oxygen atoms in total. The zero-order valence-corrected chi connectivity index (χ0v) is 10.9. The Balaban J connectivity index is 2.06. The highest BCUT2D eigenvalue weighted by atomic mass is 16.3. The van der Waals surface area contributed by atoms with E-state index < -0.39 is 5.60 Å². The van der Waals surface area contributed by atoms with Gasteiger partial charge in [-0.3, -0.25) is 0 Å². The molecule has 1 saturated carbocycles. The van der Waals surface area contributed by atoms with Gasteiger partial charge >= 0.3 is 0 Å². The van der Waals surface area contributed by atoms with E-state index in [0.29, 0.717) is 6.04 Å². The van der Waals surface area contributed by atoms with Crippen molar-refractivity contribution in [3.05, 3.63) is 35.4 Å². The number of aliphatic hydroxyl groups is 1. The lowest BCUT2D eigenvalue weighted by atomic mass is 9.77. The van der Waals surface area contributed by atoms with Gasteiger partial charge in [-0.2, -0.15) is 0 Å². The molecule has 0 radical (unpaired) electrons. The van der Waals surface area contributed by atoms with Crippen molar-refractivity contribution < 1.29 is 5.11 Å².